The number of ether oxygens (including phenoxy) is 1. The zero-order valence-corrected chi connectivity index (χ0v) is 25.4. The number of rotatable bonds is 14. The molecule has 3 atom stereocenters. The van der Waals surface area contributed by atoms with Gasteiger partial charge in [-0.1, -0.05) is 44.2 Å². The van der Waals surface area contributed by atoms with Gasteiger partial charge in [-0.05, 0) is 55.8 Å². The Morgan fingerprint density at radius 1 is 1.14 bits per heavy atom. The second-order valence-electron chi connectivity index (χ2n) is 11.0. The molecule has 2 aromatic rings. The van der Waals surface area contributed by atoms with E-state index in [4.69, 9.17) is 10.00 Å². The van der Waals surface area contributed by atoms with Crippen molar-refractivity contribution in [2.24, 2.45) is 5.92 Å². The number of hydrogen-bond donors (Lipinski definition) is 3. The van der Waals surface area contributed by atoms with Gasteiger partial charge in [0.1, 0.15) is 11.1 Å². The van der Waals surface area contributed by atoms with Crippen molar-refractivity contribution in [1.29, 1.82) is 5.26 Å². The van der Waals surface area contributed by atoms with Crippen LogP contribution in [0.4, 0.5) is 0 Å². The number of aliphatic hydroxyl groups is 1. The number of likely N-dealkylation sites (N-methyl/N-ethyl adjacent to an activating group) is 1. The molecule has 3 rings (SSSR count). The molecule has 12 heteroatoms. The predicted molar refractivity (Wildman–Crippen MR) is 158 cm³/mol. The molecule has 1 heterocycles. The number of hydrogen-bond acceptors (Lipinski definition) is 9. The summed E-state index contributed by atoms with van der Waals surface area (Å²) in [6, 6.07) is 15.0. The number of sulfone groups is 1. The molecule has 0 saturated heterocycles. The molecular formula is C30H41N5O6S. The van der Waals surface area contributed by atoms with E-state index in [-0.39, 0.29) is 43.2 Å². The van der Waals surface area contributed by atoms with Crippen LogP contribution in [-0.4, -0.2) is 86.6 Å². The fourth-order valence-corrected chi connectivity index (χ4v) is 6.78. The first-order valence-corrected chi connectivity index (χ1v) is 15.6. The van der Waals surface area contributed by atoms with Gasteiger partial charge in [0.25, 0.3) is 5.91 Å². The number of nitrogens with zero attached hydrogens (tertiary/aromatic N) is 3. The standard InChI is InChI=1S/C30H41N5O6S/c1-21(2)30(42(39,40)24-12-13-27-23(18-24)14-16-41-27)32-19-26(36)25(17-22-9-6-5-7-10-22)35(29(38)11-8-15-31)33-28(37)20-34(3)4/h5-7,9-10,12-13,18,21,25-26,30,32,36H,8,11,14,16-17,19-20H2,1-4H3,(H,33,37)/t25-,26+,30?/m0/s1. The van der Waals surface area contributed by atoms with Crippen molar-refractivity contribution in [2.75, 3.05) is 33.8 Å². The van der Waals surface area contributed by atoms with E-state index in [1.165, 1.54) is 6.07 Å². The van der Waals surface area contributed by atoms with Crippen LogP contribution < -0.4 is 15.5 Å². The van der Waals surface area contributed by atoms with E-state index in [0.29, 0.717) is 18.8 Å². The Balaban J connectivity index is 1.89. The fraction of sp³-hybridized carbons (Fsp3) is 0.500. The number of nitriles is 1. The first-order valence-electron chi connectivity index (χ1n) is 14.0. The second kappa shape index (κ2) is 15.1. The van der Waals surface area contributed by atoms with Crippen LogP contribution in [0.3, 0.4) is 0 Å². The Bertz CT molecular complexity index is 1360. The Hall–Kier alpha value is -3.50. The quantitative estimate of drug-likeness (QED) is 0.275. The molecule has 42 heavy (non-hydrogen) atoms. The van der Waals surface area contributed by atoms with E-state index in [9.17, 15) is 23.1 Å². The second-order valence-corrected chi connectivity index (χ2v) is 13.1. The van der Waals surface area contributed by atoms with Gasteiger partial charge in [-0.15, -0.1) is 0 Å². The SMILES string of the molecule is CC(C)C(NC[C@@H](O)[C@H](Cc1ccccc1)N(NC(=O)CN(C)C)C(=O)CCC#N)S(=O)(=O)c1ccc2c(c1)CCO2. The minimum absolute atomic E-state index is 0.00603. The molecule has 228 valence electrons. The largest absolute Gasteiger partial charge is 0.493 e. The zero-order valence-electron chi connectivity index (χ0n) is 24.6. The lowest BCUT2D eigenvalue weighted by Crippen LogP contribution is -2.60. The van der Waals surface area contributed by atoms with Crippen molar-refractivity contribution in [3.05, 3.63) is 59.7 Å². The Kier molecular flexibility index (Phi) is 11.9. The molecule has 1 aliphatic rings. The molecular weight excluding hydrogens is 558 g/mol. The summed E-state index contributed by atoms with van der Waals surface area (Å²) in [5.74, 6) is -0.670. The maximum atomic E-state index is 13.7. The lowest BCUT2D eigenvalue weighted by molar-refractivity contribution is -0.147. The lowest BCUT2D eigenvalue weighted by Gasteiger charge is -2.36. The van der Waals surface area contributed by atoms with Crippen molar-refractivity contribution in [2.45, 2.75) is 61.9 Å². The molecule has 0 aromatic heterocycles. The molecule has 11 nitrogen and oxygen atoms in total. The molecule has 0 spiro atoms. The molecule has 0 radical (unpaired) electrons. The predicted octanol–water partition coefficient (Wildman–Crippen LogP) is 1.66. The molecule has 1 aliphatic heterocycles. The van der Waals surface area contributed by atoms with Crippen molar-refractivity contribution in [1.82, 2.24) is 20.7 Å². The molecule has 3 N–H and O–H groups in total. The van der Waals surface area contributed by atoms with Crippen LogP contribution in [0.25, 0.3) is 0 Å². The fourth-order valence-electron chi connectivity index (χ4n) is 4.89. The summed E-state index contributed by atoms with van der Waals surface area (Å²) in [7, 11) is -0.432. The summed E-state index contributed by atoms with van der Waals surface area (Å²) < 4.78 is 32.9. The number of hydrazine groups is 1. The third kappa shape index (κ3) is 8.75. The van der Waals surface area contributed by atoms with Gasteiger partial charge in [-0.2, -0.15) is 5.26 Å². The van der Waals surface area contributed by atoms with Crippen LogP contribution >= 0.6 is 0 Å². The van der Waals surface area contributed by atoms with Crippen LogP contribution in [0.1, 0.15) is 37.8 Å². The van der Waals surface area contributed by atoms with Gasteiger partial charge in [0.15, 0.2) is 9.84 Å². The first-order chi connectivity index (χ1) is 19.9. The van der Waals surface area contributed by atoms with Gasteiger partial charge >= 0.3 is 0 Å². The topological polar surface area (TPSA) is 152 Å². The number of benzene rings is 2. The van der Waals surface area contributed by atoms with E-state index in [0.717, 1.165) is 16.1 Å². The third-order valence-corrected chi connectivity index (χ3v) is 9.24. The molecule has 0 saturated carbocycles. The van der Waals surface area contributed by atoms with E-state index < -0.39 is 39.2 Å². The van der Waals surface area contributed by atoms with Crippen molar-refractivity contribution < 1.29 is 27.9 Å². The number of aliphatic hydroxyl groups excluding tert-OH is 1. The van der Waals surface area contributed by atoms with E-state index in [1.54, 1.807) is 45.0 Å². The highest BCUT2D eigenvalue weighted by Crippen LogP contribution is 2.30. The average molecular weight is 600 g/mol. The van der Waals surface area contributed by atoms with Crippen LogP contribution in [-0.2, 0) is 32.3 Å². The van der Waals surface area contributed by atoms with E-state index in [2.05, 4.69) is 10.7 Å². The molecule has 0 fully saturated rings. The highest BCUT2D eigenvalue weighted by atomic mass is 32.2. The van der Waals surface area contributed by atoms with Crippen LogP contribution in [0, 0.1) is 17.2 Å². The Labute approximate surface area is 248 Å². The maximum Gasteiger partial charge on any atom is 0.252 e. The number of amides is 2. The van der Waals surface area contributed by atoms with E-state index in [1.807, 2.05) is 36.4 Å². The summed E-state index contributed by atoms with van der Waals surface area (Å²) in [5.41, 5.74) is 4.26. The van der Waals surface area contributed by atoms with Crippen molar-refractivity contribution >= 4 is 21.7 Å². The highest BCUT2D eigenvalue weighted by molar-refractivity contribution is 7.92. The van der Waals surface area contributed by atoms with Gasteiger partial charge in [0, 0.05) is 25.8 Å². The molecule has 2 amide bonds. The minimum atomic E-state index is -3.85. The summed E-state index contributed by atoms with van der Waals surface area (Å²) in [6.07, 6.45) is -0.692. The molecule has 0 aliphatic carbocycles. The maximum absolute atomic E-state index is 13.7. The Morgan fingerprint density at radius 3 is 2.50 bits per heavy atom. The summed E-state index contributed by atoms with van der Waals surface area (Å²) in [5, 5.41) is 23.7. The van der Waals surface area contributed by atoms with Crippen LogP contribution in [0.15, 0.2) is 53.4 Å². The number of nitrogens with one attached hydrogen (secondary N) is 2. The third-order valence-electron chi connectivity index (χ3n) is 6.95. The van der Waals surface area contributed by atoms with Gasteiger partial charge < -0.3 is 14.7 Å². The number of fused-ring (bicyclic) bond motifs is 1. The average Bonchev–Trinajstić information content (AvgIpc) is 3.41. The highest BCUT2D eigenvalue weighted by Gasteiger charge is 2.35. The van der Waals surface area contributed by atoms with Crippen molar-refractivity contribution in [3.8, 4) is 11.8 Å². The van der Waals surface area contributed by atoms with Gasteiger partial charge in [-0.3, -0.25) is 20.3 Å². The summed E-state index contributed by atoms with van der Waals surface area (Å²) in [4.78, 5) is 27.8. The van der Waals surface area contributed by atoms with Crippen molar-refractivity contribution in [3.63, 3.8) is 0 Å². The number of carbonyl (C=O) groups is 2. The summed E-state index contributed by atoms with van der Waals surface area (Å²) in [6.45, 7) is 3.87. The van der Waals surface area contributed by atoms with E-state index >= 15 is 0 Å². The minimum Gasteiger partial charge on any atom is -0.493 e. The zero-order chi connectivity index (χ0) is 30.9. The lowest BCUT2D eigenvalue weighted by atomic mass is 9.99. The molecule has 1 unspecified atom stereocenters. The van der Waals surface area contributed by atoms with Gasteiger partial charge in [0.2, 0.25) is 5.91 Å². The molecule has 2 aromatic carbocycles. The number of carbonyl (C=O) groups excluding carboxylic acids is 2. The van der Waals surface area contributed by atoms with Crippen LogP contribution in [0.5, 0.6) is 5.75 Å². The first kappa shape index (κ1) is 33.0. The Morgan fingerprint density at radius 2 is 1.86 bits per heavy atom. The normalized spacial score (nSPS) is 14.9. The summed E-state index contributed by atoms with van der Waals surface area (Å²) >= 11 is 0. The van der Waals surface area contributed by atoms with Gasteiger partial charge in [0.05, 0.1) is 36.3 Å². The molecule has 0 bridgehead atoms. The van der Waals surface area contributed by atoms with Crippen LogP contribution in [0.2, 0.25) is 0 Å². The monoisotopic (exact) mass is 599 g/mol. The van der Waals surface area contributed by atoms with Gasteiger partial charge in [-0.25, -0.2) is 13.4 Å². The smallest absolute Gasteiger partial charge is 0.252 e.